The molecule has 6 heteroatoms. The van der Waals surface area contributed by atoms with E-state index in [2.05, 4.69) is 20.9 Å². The highest BCUT2D eigenvalue weighted by atomic mass is 79.9. The second kappa shape index (κ2) is 3.99. The highest BCUT2D eigenvalue weighted by molar-refractivity contribution is 9.10. The molecule has 16 heavy (non-hydrogen) atoms. The average molecular weight is 302 g/mol. The summed E-state index contributed by atoms with van der Waals surface area (Å²) in [7, 11) is 0. The van der Waals surface area contributed by atoms with Gasteiger partial charge in [0, 0.05) is 11.5 Å². The van der Waals surface area contributed by atoms with E-state index in [0.29, 0.717) is 20.9 Å². The predicted octanol–water partition coefficient (Wildman–Crippen LogP) is 3.87. The fourth-order valence-electron chi connectivity index (χ4n) is 1.53. The number of benzene rings is 1. The SMILES string of the molecule is Cc1nc(Cl)c2cccc([N+](=O)[O-])c2c1Br. The van der Waals surface area contributed by atoms with Gasteiger partial charge in [0.15, 0.2) is 0 Å². The molecule has 0 spiro atoms. The Bertz CT molecular complexity index is 601. The Morgan fingerprint density at radius 2 is 2.19 bits per heavy atom. The van der Waals surface area contributed by atoms with Crippen molar-refractivity contribution < 1.29 is 4.92 Å². The summed E-state index contributed by atoms with van der Waals surface area (Å²) in [6, 6.07) is 4.75. The Labute approximate surface area is 105 Å². The van der Waals surface area contributed by atoms with Gasteiger partial charge in [0.1, 0.15) is 5.15 Å². The number of pyridine rings is 1. The molecule has 0 aliphatic rings. The first-order valence-electron chi connectivity index (χ1n) is 4.41. The van der Waals surface area contributed by atoms with Crippen LogP contribution in [0.4, 0.5) is 5.69 Å². The van der Waals surface area contributed by atoms with E-state index in [4.69, 9.17) is 11.6 Å². The van der Waals surface area contributed by atoms with Crippen LogP contribution in [-0.2, 0) is 0 Å². The van der Waals surface area contributed by atoms with Crippen molar-refractivity contribution in [2.24, 2.45) is 0 Å². The molecule has 82 valence electrons. The van der Waals surface area contributed by atoms with Gasteiger partial charge in [0.2, 0.25) is 0 Å². The fourth-order valence-corrected chi connectivity index (χ4v) is 2.32. The van der Waals surface area contributed by atoms with Gasteiger partial charge in [-0.3, -0.25) is 10.1 Å². The molecule has 4 nitrogen and oxygen atoms in total. The zero-order valence-electron chi connectivity index (χ0n) is 8.20. The van der Waals surface area contributed by atoms with Gasteiger partial charge in [0.25, 0.3) is 5.69 Å². The summed E-state index contributed by atoms with van der Waals surface area (Å²) in [5, 5.41) is 12.3. The number of nitro benzene ring substituents is 1. The zero-order valence-corrected chi connectivity index (χ0v) is 10.5. The molecule has 2 rings (SSSR count). The van der Waals surface area contributed by atoms with Crippen LogP contribution in [0.1, 0.15) is 5.69 Å². The number of hydrogen-bond acceptors (Lipinski definition) is 3. The molecule has 0 amide bonds. The molecule has 2 aromatic rings. The first-order valence-corrected chi connectivity index (χ1v) is 5.58. The zero-order chi connectivity index (χ0) is 11.9. The number of aryl methyl sites for hydroxylation is 1. The molecular weight excluding hydrogens is 295 g/mol. The molecule has 0 fully saturated rings. The van der Waals surface area contributed by atoms with E-state index in [1.54, 1.807) is 19.1 Å². The molecule has 0 bridgehead atoms. The quantitative estimate of drug-likeness (QED) is 0.456. The number of hydrogen-bond donors (Lipinski definition) is 0. The first-order chi connectivity index (χ1) is 7.52. The van der Waals surface area contributed by atoms with Gasteiger partial charge in [-0.1, -0.05) is 23.7 Å². The van der Waals surface area contributed by atoms with Gasteiger partial charge in [-0.2, -0.15) is 0 Å². The Balaban J connectivity index is 3.01. The van der Waals surface area contributed by atoms with E-state index in [0.717, 1.165) is 0 Å². The molecular formula is C10H6BrClN2O2. The molecule has 1 heterocycles. The lowest BCUT2D eigenvalue weighted by Gasteiger charge is -2.06. The topological polar surface area (TPSA) is 56.0 Å². The van der Waals surface area contributed by atoms with Crippen LogP contribution in [-0.4, -0.2) is 9.91 Å². The lowest BCUT2D eigenvalue weighted by molar-refractivity contribution is -0.383. The minimum absolute atomic E-state index is 0.0248. The summed E-state index contributed by atoms with van der Waals surface area (Å²) in [4.78, 5) is 14.6. The fraction of sp³-hybridized carbons (Fsp3) is 0.100. The number of nitro groups is 1. The molecule has 0 aliphatic heterocycles. The maximum Gasteiger partial charge on any atom is 0.278 e. The van der Waals surface area contributed by atoms with Crippen molar-refractivity contribution in [3.05, 3.63) is 43.6 Å². The summed E-state index contributed by atoms with van der Waals surface area (Å²) in [5.74, 6) is 0. The minimum atomic E-state index is -0.428. The summed E-state index contributed by atoms with van der Waals surface area (Å²) >= 11 is 9.26. The standard InChI is InChI=1S/C10H6BrClN2O2/c1-5-9(11)8-6(10(12)13-5)3-2-4-7(8)14(15)16/h2-4H,1H3. The minimum Gasteiger partial charge on any atom is -0.258 e. The number of nitrogens with zero attached hydrogens (tertiary/aromatic N) is 2. The van der Waals surface area contributed by atoms with Crippen molar-refractivity contribution >= 4 is 44.0 Å². The Morgan fingerprint density at radius 1 is 1.50 bits per heavy atom. The van der Waals surface area contributed by atoms with Gasteiger partial charge < -0.3 is 0 Å². The van der Waals surface area contributed by atoms with E-state index in [-0.39, 0.29) is 10.8 Å². The summed E-state index contributed by atoms with van der Waals surface area (Å²) < 4.78 is 0.610. The Kier molecular flexibility index (Phi) is 2.82. The molecule has 0 saturated carbocycles. The smallest absolute Gasteiger partial charge is 0.258 e. The molecule has 0 N–H and O–H groups in total. The summed E-state index contributed by atoms with van der Waals surface area (Å²) in [5.41, 5.74) is 0.656. The number of halogens is 2. The number of fused-ring (bicyclic) bond motifs is 1. The second-order valence-electron chi connectivity index (χ2n) is 3.26. The Morgan fingerprint density at radius 3 is 2.81 bits per heavy atom. The summed E-state index contributed by atoms with van der Waals surface area (Å²) in [6.07, 6.45) is 0. The van der Waals surface area contributed by atoms with E-state index >= 15 is 0 Å². The molecule has 0 saturated heterocycles. The van der Waals surface area contributed by atoms with Crippen molar-refractivity contribution in [1.82, 2.24) is 4.98 Å². The van der Waals surface area contributed by atoms with Gasteiger partial charge in [-0.25, -0.2) is 4.98 Å². The van der Waals surface area contributed by atoms with Crippen molar-refractivity contribution in [1.29, 1.82) is 0 Å². The van der Waals surface area contributed by atoms with Crippen LogP contribution in [0.15, 0.2) is 22.7 Å². The number of rotatable bonds is 1. The van der Waals surface area contributed by atoms with Gasteiger partial charge in [-0.05, 0) is 22.9 Å². The normalized spacial score (nSPS) is 10.7. The van der Waals surface area contributed by atoms with Crippen LogP contribution in [0.3, 0.4) is 0 Å². The molecule has 0 atom stereocenters. The van der Waals surface area contributed by atoms with Crippen LogP contribution < -0.4 is 0 Å². The molecule has 1 aromatic carbocycles. The monoisotopic (exact) mass is 300 g/mol. The number of non-ortho nitro benzene ring substituents is 1. The van der Waals surface area contributed by atoms with Crippen LogP contribution in [0.25, 0.3) is 10.8 Å². The molecule has 0 aliphatic carbocycles. The molecule has 0 radical (unpaired) electrons. The van der Waals surface area contributed by atoms with E-state index in [9.17, 15) is 10.1 Å². The van der Waals surface area contributed by atoms with Gasteiger partial charge >= 0.3 is 0 Å². The van der Waals surface area contributed by atoms with Crippen molar-refractivity contribution in [3.63, 3.8) is 0 Å². The second-order valence-corrected chi connectivity index (χ2v) is 4.41. The Hall–Kier alpha value is -1.20. The lowest BCUT2D eigenvalue weighted by atomic mass is 10.1. The highest BCUT2D eigenvalue weighted by Gasteiger charge is 2.18. The lowest BCUT2D eigenvalue weighted by Crippen LogP contribution is -1.94. The highest BCUT2D eigenvalue weighted by Crippen LogP contribution is 2.36. The first kappa shape index (κ1) is 11.3. The van der Waals surface area contributed by atoms with Crippen LogP contribution in [0, 0.1) is 17.0 Å². The van der Waals surface area contributed by atoms with Crippen LogP contribution >= 0.6 is 27.5 Å². The van der Waals surface area contributed by atoms with E-state index in [1.165, 1.54) is 6.07 Å². The molecule has 1 aromatic heterocycles. The third-order valence-electron chi connectivity index (χ3n) is 2.26. The van der Waals surface area contributed by atoms with Crippen LogP contribution in [0.5, 0.6) is 0 Å². The third-order valence-corrected chi connectivity index (χ3v) is 3.52. The summed E-state index contributed by atoms with van der Waals surface area (Å²) in [6.45, 7) is 1.74. The number of aromatic nitrogens is 1. The maximum atomic E-state index is 10.9. The van der Waals surface area contributed by atoms with Crippen molar-refractivity contribution in [2.75, 3.05) is 0 Å². The maximum absolute atomic E-state index is 10.9. The van der Waals surface area contributed by atoms with Gasteiger partial charge in [-0.15, -0.1) is 0 Å². The van der Waals surface area contributed by atoms with Gasteiger partial charge in [0.05, 0.1) is 20.5 Å². The van der Waals surface area contributed by atoms with E-state index < -0.39 is 4.92 Å². The van der Waals surface area contributed by atoms with Crippen molar-refractivity contribution in [2.45, 2.75) is 6.92 Å². The third kappa shape index (κ3) is 1.66. The largest absolute Gasteiger partial charge is 0.278 e. The van der Waals surface area contributed by atoms with Crippen molar-refractivity contribution in [3.8, 4) is 0 Å². The average Bonchev–Trinajstić information content (AvgIpc) is 2.25. The van der Waals surface area contributed by atoms with E-state index in [1.807, 2.05) is 0 Å². The molecule has 0 unspecified atom stereocenters. The predicted molar refractivity (Wildman–Crippen MR) is 65.8 cm³/mol. The van der Waals surface area contributed by atoms with Crippen LogP contribution in [0.2, 0.25) is 5.15 Å².